The monoisotopic (exact) mass is 271 g/mol. The van der Waals surface area contributed by atoms with Crippen LogP contribution < -0.4 is 0 Å². The summed E-state index contributed by atoms with van der Waals surface area (Å²) in [5.74, 6) is 0.279. The first-order valence-corrected chi connectivity index (χ1v) is 7.84. The molecule has 2 aromatic rings. The Morgan fingerprint density at radius 1 is 1.10 bits per heavy atom. The number of aromatic amines is 1. The van der Waals surface area contributed by atoms with Crippen LogP contribution in [0.1, 0.15) is 67.8 Å². The summed E-state index contributed by atoms with van der Waals surface area (Å²) >= 11 is 0. The van der Waals surface area contributed by atoms with Crippen molar-refractivity contribution in [3.63, 3.8) is 0 Å². The average Bonchev–Trinajstić information content (AvgIpc) is 2.88. The fraction of sp³-hybridized carbons (Fsp3) is 0.500. The molecule has 0 saturated carbocycles. The van der Waals surface area contributed by atoms with Crippen molar-refractivity contribution in [3.8, 4) is 0 Å². The first-order valence-electron chi connectivity index (χ1n) is 7.84. The number of unbranched alkanes of at least 4 members (excludes halogenated alkanes) is 5. The van der Waals surface area contributed by atoms with Crippen molar-refractivity contribution in [2.24, 2.45) is 0 Å². The normalized spacial score (nSPS) is 11.1. The van der Waals surface area contributed by atoms with Gasteiger partial charge in [0.2, 0.25) is 0 Å². The van der Waals surface area contributed by atoms with Gasteiger partial charge in [0, 0.05) is 29.1 Å². The van der Waals surface area contributed by atoms with Crippen molar-refractivity contribution >= 4 is 16.7 Å². The van der Waals surface area contributed by atoms with E-state index in [9.17, 15) is 4.79 Å². The summed E-state index contributed by atoms with van der Waals surface area (Å²) in [6, 6.07) is 6.12. The third kappa shape index (κ3) is 3.50. The number of nitrogens with one attached hydrogen (secondary N) is 1. The maximum Gasteiger partial charge on any atom is 0.165 e. The summed E-state index contributed by atoms with van der Waals surface area (Å²) < 4.78 is 0. The molecule has 2 nitrogen and oxygen atoms in total. The summed E-state index contributed by atoms with van der Waals surface area (Å²) in [7, 11) is 0. The molecule has 0 bridgehead atoms. The number of H-pyrrole nitrogens is 1. The Bertz CT molecular complexity index is 568. The Morgan fingerprint density at radius 2 is 1.85 bits per heavy atom. The Labute approximate surface area is 121 Å². The van der Waals surface area contributed by atoms with Gasteiger partial charge in [-0.3, -0.25) is 4.79 Å². The van der Waals surface area contributed by atoms with Crippen LogP contribution in [0.2, 0.25) is 0 Å². The van der Waals surface area contributed by atoms with Crippen LogP contribution in [-0.4, -0.2) is 10.8 Å². The van der Waals surface area contributed by atoms with Gasteiger partial charge in [0.05, 0.1) is 0 Å². The fourth-order valence-corrected chi connectivity index (χ4v) is 2.79. The van der Waals surface area contributed by atoms with E-state index in [0.717, 1.165) is 22.9 Å². The second-order valence-electron chi connectivity index (χ2n) is 5.64. The zero-order chi connectivity index (χ0) is 14.4. The minimum Gasteiger partial charge on any atom is -0.360 e. The molecule has 0 atom stereocenters. The van der Waals surface area contributed by atoms with E-state index in [2.05, 4.69) is 24.9 Å². The van der Waals surface area contributed by atoms with E-state index in [1.165, 1.54) is 37.7 Å². The molecule has 0 amide bonds. The molecule has 0 unspecified atom stereocenters. The second-order valence-corrected chi connectivity index (χ2v) is 5.64. The Hall–Kier alpha value is -1.57. The summed E-state index contributed by atoms with van der Waals surface area (Å²) in [6.07, 6.45) is 9.88. The van der Waals surface area contributed by atoms with Gasteiger partial charge < -0.3 is 4.98 Å². The van der Waals surface area contributed by atoms with Gasteiger partial charge in [-0.05, 0) is 25.0 Å². The maximum atomic E-state index is 12.3. The van der Waals surface area contributed by atoms with Crippen molar-refractivity contribution in [2.45, 2.75) is 58.8 Å². The van der Waals surface area contributed by atoms with Crippen LogP contribution >= 0.6 is 0 Å². The molecule has 1 aromatic carbocycles. The molecule has 0 aliphatic rings. The first kappa shape index (κ1) is 14.8. The second kappa shape index (κ2) is 7.28. The highest BCUT2D eigenvalue weighted by Gasteiger charge is 2.12. The van der Waals surface area contributed by atoms with Crippen molar-refractivity contribution in [2.75, 3.05) is 0 Å². The van der Waals surface area contributed by atoms with Gasteiger partial charge >= 0.3 is 0 Å². The number of hydrogen-bond acceptors (Lipinski definition) is 1. The Balaban J connectivity index is 1.91. The predicted molar refractivity (Wildman–Crippen MR) is 85.4 cm³/mol. The number of fused-ring (bicyclic) bond motifs is 1. The molecule has 2 rings (SSSR count). The van der Waals surface area contributed by atoms with Crippen LogP contribution in [0.3, 0.4) is 0 Å². The molecule has 2 heteroatoms. The summed E-state index contributed by atoms with van der Waals surface area (Å²) in [4.78, 5) is 15.5. The minimum absolute atomic E-state index is 0.279. The van der Waals surface area contributed by atoms with Gasteiger partial charge in [0.1, 0.15) is 0 Å². The highest BCUT2D eigenvalue weighted by Crippen LogP contribution is 2.23. The molecule has 0 spiro atoms. The van der Waals surface area contributed by atoms with E-state index in [4.69, 9.17) is 0 Å². The summed E-state index contributed by atoms with van der Waals surface area (Å²) in [6.45, 7) is 4.29. The van der Waals surface area contributed by atoms with E-state index in [1.807, 2.05) is 18.3 Å². The van der Waals surface area contributed by atoms with Crippen molar-refractivity contribution in [1.82, 2.24) is 4.98 Å². The number of aromatic nitrogens is 1. The van der Waals surface area contributed by atoms with E-state index in [0.29, 0.717) is 6.42 Å². The maximum absolute atomic E-state index is 12.3. The molecule has 1 N–H and O–H groups in total. The Morgan fingerprint density at radius 3 is 2.65 bits per heavy atom. The lowest BCUT2D eigenvalue weighted by Crippen LogP contribution is -1.98. The molecule has 1 aromatic heterocycles. The quantitative estimate of drug-likeness (QED) is 0.505. The van der Waals surface area contributed by atoms with E-state index < -0.39 is 0 Å². The van der Waals surface area contributed by atoms with Gasteiger partial charge in [-0.15, -0.1) is 0 Å². The molecule has 20 heavy (non-hydrogen) atoms. The van der Waals surface area contributed by atoms with E-state index >= 15 is 0 Å². The molecule has 0 radical (unpaired) electrons. The number of aryl methyl sites for hydroxylation is 1. The third-order valence-electron chi connectivity index (χ3n) is 3.97. The van der Waals surface area contributed by atoms with Crippen LogP contribution in [0.4, 0.5) is 0 Å². The Kier molecular flexibility index (Phi) is 5.40. The lowest BCUT2D eigenvalue weighted by atomic mass is 10.0. The van der Waals surface area contributed by atoms with E-state index in [-0.39, 0.29) is 5.78 Å². The zero-order valence-corrected chi connectivity index (χ0v) is 12.7. The minimum atomic E-state index is 0.279. The predicted octanol–water partition coefficient (Wildman–Crippen LogP) is 5.41. The van der Waals surface area contributed by atoms with Gasteiger partial charge in [0.15, 0.2) is 5.78 Å². The SMILES string of the molecule is CCCCCCCCC(=O)c1c[nH]c2cccc(C)c12. The molecule has 0 aliphatic carbocycles. The number of hydrogen-bond donors (Lipinski definition) is 1. The molecule has 1 heterocycles. The lowest BCUT2D eigenvalue weighted by molar-refractivity contribution is 0.0980. The van der Waals surface area contributed by atoms with Gasteiger partial charge in [-0.1, -0.05) is 51.2 Å². The number of benzene rings is 1. The van der Waals surface area contributed by atoms with Gasteiger partial charge in [-0.25, -0.2) is 0 Å². The molecular weight excluding hydrogens is 246 g/mol. The van der Waals surface area contributed by atoms with Gasteiger partial charge in [0.25, 0.3) is 0 Å². The largest absolute Gasteiger partial charge is 0.360 e. The fourth-order valence-electron chi connectivity index (χ4n) is 2.79. The number of carbonyl (C=O) groups excluding carboxylic acids is 1. The summed E-state index contributed by atoms with van der Waals surface area (Å²) in [5, 5.41) is 1.10. The van der Waals surface area contributed by atoms with Gasteiger partial charge in [-0.2, -0.15) is 0 Å². The lowest BCUT2D eigenvalue weighted by Gasteiger charge is -2.02. The average molecular weight is 271 g/mol. The topological polar surface area (TPSA) is 32.9 Å². The molecule has 0 saturated heterocycles. The smallest absolute Gasteiger partial charge is 0.165 e. The number of carbonyl (C=O) groups is 1. The highest BCUT2D eigenvalue weighted by molar-refractivity contribution is 6.08. The summed E-state index contributed by atoms with van der Waals surface area (Å²) in [5.41, 5.74) is 3.11. The number of rotatable bonds is 8. The highest BCUT2D eigenvalue weighted by atomic mass is 16.1. The molecule has 108 valence electrons. The number of Topliss-reactive ketones (excluding diaryl/α,β-unsaturated/α-hetero) is 1. The van der Waals surface area contributed by atoms with Crippen LogP contribution in [0.15, 0.2) is 24.4 Å². The standard InChI is InChI=1S/C18H25NO/c1-3-4-5-6-7-8-12-17(20)15-13-19-16-11-9-10-14(2)18(15)16/h9-11,13,19H,3-8,12H2,1-2H3. The van der Waals surface area contributed by atoms with E-state index in [1.54, 1.807) is 0 Å². The third-order valence-corrected chi connectivity index (χ3v) is 3.97. The van der Waals surface area contributed by atoms with Crippen LogP contribution in [0, 0.1) is 6.92 Å². The van der Waals surface area contributed by atoms with Crippen molar-refractivity contribution < 1.29 is 4.79 Å². The van der Waals surface area contributed by atoms with Crippen LogP contribution in [0.25, 0.3) is 10.9 Å². The molecule has 0 fully saturated rings. The molecule has 0 aliphatic heterocycles. The molecular formula is C18H25NO. The van der Waals surface area contributed by atoms with Crippen LogP contribution in [-0.2, 0) is 0 Å². The first-order chi connectivity index (χ1) is 9.74. The van der Waals surface area contributed by atoms with Crippen LogP contribution in [0.5, 0.6) is 0 Å². The zero-order valence-electron chi connectivity index (χ0n) is 12.7. The van der Waals surface area contributed by atoms with Crippen molar-refractivity contribution in [1.29, 1.82) is 0 Å². The van der Waals surface area contributed by atoms with Crippen molar-refractivity contribution in [3.05, 3.63) is 35.5 Å². The number of ketones is 1.